The molecule has 6 heteroatoms. The van der Waals surface area contributed by atoms with Crippen molar-refractivity contribution in [3.05, 3.63) is 27.2 Å². The molecule has 0 amide bonds. The van der Waals surface area contributed by atoms with Gasteiger partial charge in [0, 0.05) is 0 Å². The van der Waals surface area contributed by atoms with E-state index >= 15 is 0 Å². The van der Waals surface area contributed by atoms with Crippen LogP contribution in [-0.4, -0.2) is 15.0 Å². The van der Waals surface area contributed by atoms with Gasteiger partial charge in [-0.15, -0.1) is 0 Å². The lowest BCUT2D eigenvalue weighted by atomic mass is 10.3. The molecular formula is C8H4Cl3N3. The lowest BCUT2D eigenvalue weighted by Gasteiger charge is -2.02. The van der Waals surface area contributed by atoms with Crippen molar-refractivity contribution >= 4 is 45.8 Å². The molecule has 0 spiro atoms. The molecule has 0 radical (unpaired) electrons. The van der Waals surface area contributed by atoms with Crippen LogP contribution in [0.5, 0.6) is 0 Å². The molecular weight excluding hydrogens is 244 g/mol. The largest absolute Gasteiger partial charge is 0.232 e. The molecule has 0 saturated carbocycles. The number of aryl methyl sites for hydroxylation is 1. The van der Waals surface area contributed by atoms with Crippen LogP contribution in [0.3, 0.4) is 0 Å². The van der Waals surface area contributed by atoms with Crippen LogP contribution in [-0.2, 0) is 0 Å². The van der Waals surface area contributed by atoms with Crippen molar-refractivity contribution in [1.29, 1.82) is 0 Å². The average molecular weight is 248 g/mol. The molecule has 0 aliphatic rings. The normalized spacial score (nSPS) is 10.9. The molecule has 14 heavy (non-hydrogen) atoms. The summed E-state index contributed by atoms with van der Waals surface area (Å²) < 4.78 is 0. The number of hydrogen-bond donors (Lipinski definition) is 0. The van der Waals surface area contributed by atoms with Gasteiger partial charge < -0.3 is 0 Å². The van der Waals surface area contributed by atoms with Gasteiger partial charge in [-0.3, -0.25) is 0 Å². The predicted octanol–water partition coefficient (Wildman–Crippen LogP) is 3.29. The Labute approximate surface area is 95.0 Å². The molecule has 2 aromatic heterocycles. The van der Waals surface area contributed by atoms with E-state index in [1.165, 1.54) is 0 Å². The summed E-state index contributed by atoms with van der Waals surface area (Å²) in [7, 11) is 0. The van der Waals surface area contributed by atoms with Crippen LogP contribution in [0.1, 0.15) is 5.69 Å². The second kappa shape index (κ2) is 3.50. The third-order valence-corrected chi connectivity index (χ3v) is 2.58. The van der Waals surface area contributed by atoms with Gasteiger partial charge in [-0.25, -0.2) is 9.97 Å². The van der Waals surface area contributed by atoms with Gasteiger partial charge in [0.15, 0.2) is 5.65 Å². The SMILES string of the molecule is Cc1nc2nc(Cl)nc(Cl)c2cc1Cl. The minimum Gasteiger partial charge on any atom is -0.232 e. The maximum atomic E-state index is 5.89. The fraction of sp³-hybridized carbons (Fsp3) is 0.125. The second-order valence-electron chi connectivity index (χ2n) is 2.71. The number of rotatable bonds is 0. The number of hydrogen-bond acceptors (Lipinski definition) is 3. The topological polar surface area (TPSA) is 38.7 Å². The molecule has 2 heterocycles. The Balaban J connectivity index is 2.89. The van der Waals surface area contributed by atoms with E-state index in [1.54, 1.807) is 13.0 Å². The van der Waals surface area contributed by atoms with Crippen molar-refractivity contribution < 1.29 is 0 Å². The Hall–Kier alpha value is -0.640. The smallest absolute Gasteiger partial charge is 0.225 e. The third-order valence-electron chi connectivity index (χ3n) is 1.74. The zero-order chi connectivity index (χ0) is 10.3. The van der Waals surface area contributed by atoms with E-state index in [4.69, 9.17) is 34.8 Å². The molecule has 72 valence electrons. The van der Waals surface area contributed by atoms with Gasteiger partial charge >= 0.3 is 0 Å². The highest BCUT2D eigenvalue weighted by atomic mass is 35.5. The first-order valence-electron chi connectivity index (χ1n) is 3.74. The molecule has 0 N–H and O–H groups in total. The van der Waals surface area contributed by atoms with Crippen LogP contribution in [0.25, 0.3) is 11.0 Å². The van der Waals surface area contributed by atoms with Crippen molar-refractivity contribution in [3.8, 4) is 0 Å². The van der Waals surface area contributed by atoms with Crippen LogP contribution >= 0.6 is 34.8 Å². The number of halogens is 3. The summed E-state index contributed by atoms with van der Waals surface area (Å²) in [5.74, 6) is 0. The minimum absolute atomic E-state index is 0.0803. The summed E-state index contributed by atoms with van der Waals surface area (Å²) in [6, 6.07) is 1.68. The Morgan fingerprint density at radius 1 is 1.07 bits per heavy atom. The number of nitrogens with zero attached hydrogens (tertiary/aromatic N) is 3. The van der Waals surface area contributed by atoms with Crippen molar-refractivity contribution in [2.75, 3.05) is 0 Å². The first kappa shape index (κ1) is 9.90. The van der Waals surface area contributed by atoms with Crippen molar-refractivity contribution in [2.45, 2.75) is 6.92 Å². The van der Waals surface area contributed by atoms with E-state index in [2.05, 4.69) is 15.0 Å². The zero-order valence-electron chi connectivity index (χ0n) is 7.05. The van der Waals surface area contributed by atoms with Crippen LogP contribution in [0.2, 0.25) is 15.5 Å². The summed E-state index contributed by atoms with van der Waals surface area (Å²) in [5, 5.41) is 1.48. The highest BCUT2D eigenvalue weighted by Crippen LogP contribution is 2.25. The molecule has 2 rings (SSSR count). The van der Waals surface area contributed by atoms with Crippen molar-refractivity contribution in [3.63, 3.8) is 0 Å². The van der Waals surface area contributed by atoms with E-state index in [1.807, 2.05) is 0 Å². The number of aromatic nitrogens is 3. The van der Waals surface area contributed by atoms with Gasteiger partial charge in [0.2, 0.25) is 5.28 Å². The lowest BCUT2D eigenvalue weighted by molar-refractivity contribution is 1.15. The van der Waals surface area contributed by atoms with E-state index < -0.39 is 0 Å². The molecule has 0 fully saturated rings. The Morgan fingerprint density at radius 2 is 1.79 bits per heavy atom. The third kappa shape index (κ3) is 1.63. The Bertz CT molecular complexity index is 513. The maximum Gasteiger partial charge on any atom is 0.225 e. The van der Waals surface area contributed by atoms with Crippen molar-refractivity contribution in [2.24, 2.45) is 0 Å². The van der Waals surface area contributed by atoms with E-state index in [9.17, 15) is 0 Å². The molecule has 0 unspecified atom stereocenters. The van der Waals surface area contributed by atoms with Gasteiger partial charge in [-0.05, 0) is 24.6 Å². The monoisotopic (exact) mass is 247 g/mol. The maximum absolute atomic E-state index is 5.89. The lowest BCUT2D eigenvalue weighted by Crippen LogP contribution is -1.92. The van der Waals surface area contributed by atoms with Crippen molar-refractivity contribution in [1.82, 2.24) is 15.0 Å². The molecule has 0 aromatic carbocycles. The quantitative estimate of drug-likeness (QED) is 0.530. The van der Waals surface area contributed by atoms with Gasteiger partial charge in [0.1, 0.15) is 5.15 Å². The molecule has 3 nitrogen and oxygen atoms in total. The summed E-state index contributed by atoms with van der Waals surface area (Å²) in [5.41, 5.74) is 1.14. The van der Waals surface area contributed by atoms with Crippen LogP contribution in [0.15, 0.2) is 6.07 Å². The van der Waals surface area contributed by atoms with E-state index in [0.29, 0.717) is 21.7 Å². The van der Waals surface area contributed by atoms with E-state index in [-0.39, 0.29) is 10.4 Å². The summed E-state index contributed by atoms with van der Waals surface area (Å²) in [4.78, 5) is 11.9. The van der Waals surface area contributed by atoms with Crippen LogP contribution < -0.4 is 0 Å². The van der Waals surface area contributed by atoms with Crippen LogP contribution in [0, 0.1) is 6.92 Å². The molecule has 0 aliphatic heterocycles. The zero-order valence-corrected chi connectivity index (χ0v) is 9.32. The molecule has 2 aromatic rings. The Kier molecular flexibility index (Phi) is 2.47. The van der Waals surface area contributed by atoms with Gasteiger partial charge in [-0.2, -0.15) is 4.98 Å². The summed E-state index contributed by atoms with van der Waals surface area (Å²) in [6.07, 6.45) is 0. The van der Waals surface area contributed by atoms with Crippen LogP contribution in [0.4, 0.5) is 0 Å². The first-order valence-corrected chi connectivity index (χ1v) is 4.87. The fourth-order valence-electron chi connectivity index (χ4n) is 1.06. The summed E-state index contributed by atoms with van der Waals surface area (Å²) >= 11 is 17.4. The van der Waals surface area contributed by atoms with Gasteiger partial charge in [0.05, 0.1) is 16.1 Å². The standard InChI is InChI=1S/C8H4Cl3N3/c1-3-5(9)2-4-6(10)13-8(11)14-7(4)12-3/h2H,1H3. The Morgan fingerprint density at radius 3 is 2.50 bits per heavy atom. The minimum atomic E-state index is 0.0803. The number of pyridine rings is 1. The van der Waals surface area contributed by atoms with Gasteiger partial charge in [0.25, 0.3) is 0 Å². The second-order valence-corrected chi connectivity index (χ2v) is 3.81. The number of fused-ring (bicyclic) bond motifs is 1. The highest BCUT2D eigenvalue weighted by molar-refractivity contribution is 6.36. The van der Waals surface area contributed by atoms with Gasteiger partial charge in [-0.1, -0.05) is 23.2 Å². The molecule has 0 atom stereocenters. The summed E-state index contributed by atoms with van der Waals surface area (Å²) in [6.45, 7) is 1.78. The molecule has 0 saturated heterocycles. The highest BCUT2D eigenvalue weighted by Gasteiger charge is 2.08. The molecule has 0 aliphatic carbocycles. The first-order chi connectivity index (χ1) is 6.58. The average Bonchev–Trinajstić information content (AvgIpc) is 2.08. The fourth-order valence-corrected chi connectivity index (χ4v) is 1.64. The predicted molar refractivity (Wildman–Crippen MR) is 57.1 cm³/mol. The van der Waals surface area contributed by atoms with E-state index in [0.717, 1.165) is 0 Å². The molecule has 0 bridgehead atoms.